The number of ether oxygens (including phenoxy) is 1. The molecular formula is C16H22ClN3O2. The number of nitrogens with two attached hydrogens (primary N) is 1. The number of anilines is 1. The van der Waals surface area contributed by atoms with E-state index in [-0.39, 0.29) is 5.41 Å². The summed E-state index contributed by atoms with van der Waals surface area (Å²) in [6.45, 7) is 2.81. The molecule has 0 aliphatic heterocycles. The first kappa shape index (κ1) is 15.6. The fourth-order valence-corrected chi connectivity index (χ4v) is 4.22. The van der Waals surface area contributed by atoms with Crippen molar-refractivity contribution in [2.24, 2.45) is 11.1 Å². The molecule has 1 spiro atoms. The average molecular weight is 324 g/mol. The number of halogens is 1. The molecule has 22 heavy (non-hydrogen) atoms. The maximum absolute atomic E-state index is 11.2. The van der Waals surface area contributed by atoms with Gasteiger partial charge in [-0.2, -0.15) is 0 Å². The summed E-state index contributed by atoms with van der Waals surface area (Å²) in [5.41, 5.74) is 5.85. The van der Waals surface area contributed by atoms with Crippen molar-refractivity contribution in [3.8, 4) is 0 Å². The second-order valence-corrected chi connectivity index (χ2v) is 6.69. The molecule has 6 heteroatoms. The van der Waals surface area contributed by atoms with Gasteiger partial charge in [0.25, 0.3) is 0 Å². The Hall–Kier alpha value is -1.33. The number of primary amides is 1. The summed E-state index contributed by atoms with van der Waals surface area (Å²) in [6, 6.07) is 1.98. The number of hydrogen-bond donors (Lipinski definition) is 1. The number of hydrogen-bond acceptors (Lipinski definition) is 4. The fraction of sp³-hybridized carbons (Fsp3) is 0.625. The monoisotopic (exact) mass is 323 g/mol. The Bertz CT molecular complexity index is 589. The van der Waals surface area contributed by atoms with Gasteiger partial charge in [-0.05, 0) is 32.3 Å². The molecule has 2 fully saturated rings. The summed E-state index contributed by atoms with van der Waals surface area (Å²) < 4.78 is 5.89. The SMILES string of the molecule is CCO[C@H]1C[C@H](N(C)c2ncc(C(N)=O)cc2Cl)C12CCC2. The topological polar surface area (TPSA) is 68.4 Å². The molecule has 3 rings (SSSR count). The van der Waals surface area contributed by atoms with E-state index in [0.29, 0.717) is 28.5 Å². The van der Waals surface area contributed by atoms with Crippen molar-refractivity contribution in [3.05, 3.63) is 22.8 Å². The normalized spacial score (nSPS) is 25.4. The number of rotatable bonds is 5. The van der Waals surface area contributed by atoms with E-state index in [4.69, 9.17) is 22.1 Å². The molecule has 0 aromatic carbocycles. The third-order valence-electron chi connectivity index (χ3n) is 5.30. The van der Waals surface area contributed by atoms with Crippen molar-refractivity contribution in [2.45, 2.75) is 44.8 Å². The van der Waals surface area contributed by atoms with E-state index in [1.54, 1.807) is 6.07 Å². The van der Waals surface area contributed by atoms with E-state index in [1.165, 1.54) is 25.5 Å². The molecule has 1 amide bonds. The van der Waals surface area contributed by atoms with Crippen molar-refractivity contribution < 1.29 is 9.53 Å². The molecule has 1 heterocycles. The lowest BCUT2D eigenvalue weighted by Gasteiger charge is -2.63. The molecule has 2 aliphatic rings. The van der Waals surface area contributed by atoms with E-state index in [2.05, 4.69) is 9.88 Å². The van der Waals surface area contributed by atoms with Crippen LogP contribution in [0, 0.1) is 5.41 Å². The van der Waals surface area contributed by atoms with Gasteiger partial charge in [0.05, 0.1) is 16.7 Å². The van der Waals surface area contributed by atoms with Crippen LogP contribution in [-0.2, 0) is 4.74 Å². The number of nitrogens with zero attached hydrogens (tertiary/aromatic N) is 2. The maximum Gasteiger partial charge on any atom is 0.250 e. The van der Waals surface area contributed by atoms with Crippen LogP contribution in [0.2, 0.25) is 5.02 Å². The zero-order chi connectivity index (χ0) is 15.9. The zero-order valence-electron chi connectivity index (χ0n) is 13.0. The Morgan fingerprint density at radius 2 is 2.32 bits per heavy atom. The Morgan fingerprint density at radius 1 is 1.59 bits per heavy atom. The molecule has 0 unspecified atom stereocenters. The number of pyridine rings is 1. The van der Waals surface area contributed by atoms with Crippen molar-refractivity contribution >= 4 is 23.3 Å². The van der Waals surface area contributed by atoms with Gasteiger partial charge in [-0.15, -0.1) is 0 Å². The van der Waals surface area contributed by atoms with Gasteiger partial charge in [-0.25, -0.2) is 4.98 Å². The molecule has 1 aromatic rings. The molecular weight excluding hydrogens is 302 g/mol. The molecule has 120 valence electrons. The largest absolute Gasteiger partial charge is 0.378 e. The van der Waals surface area contributed by atoms with Gasteiger partial charge in [-0.1, -0.05) is 18.0 Å². The van der Waals surface area contributed by atoms with Crippen LogP contribution in [0.3, 0.4) is 0 Å². The van der Waals surface area contributed by atoms with Crippen LogP contribution in [-0.4, -0.2) is 36.7 Å². The molecule has 2 atom stereocenters. The molecule has 0 bridgehead atoms. The van der Waals surface area contributed by atoms with Crippen LogP contribution in [0.5, 0.6) is 0 Å². The third kappa shape index (κ3) is 2.27. The van der Waals surface area contributed by atoms with Crippen LogP contribution in [0.1, 0.15) is 43.0 Å². The minimum atomic E-state index is -0.515. The predicted octanol–water partition coefficient (Wildman–Crippen LogP) is 2.62. The molecule has 2 N–H and O–H groups in total. The third-order valence-corrected chi connectivity index (χ3v) is 5.58. The molecule has 0 saturated heterocycles. The molecule has 2 aliphatic carbocycles. The van der Waals surface area contributed by atoms with Crippen LogP contribution in [0.15, 0.2) is 12.3 Å². The van der Waals surface area contributed by atoms with E-state index in [1.807, 2.05) is 14.0 Å². The molecule has 5 nitrogen and oxygen atoms in total. The number of aromatic nitrogens is 1. The Kier molecular flexibility index (Phi) is 4.03. The molecule has 0 radical (unpaired) electrons. The maximum atomic E-state index is 11.2. The van der Waals surface area contributed by atoms with Gasteiger partial charge in [-0.3, -0.25) is 4.79 Å². The first-order chi connectivity index (χ1) is 10.5. The van der Waals surface area contributed by atoms with Crippen molar-refractivity contribution in [1.29, 1.82) is 0 Å². The zero-order valence-corrected chi connectivity index (χ0v) is 13.8. The lowest BCUT2D eigenvalue weighted by atomic mass is 9.50. The van der Waals surface area contributed by atoms with Crippen molar-refractivity contribution in [2.75, 3.05) is 18.6 Å². The Morgan fingerprint density at radius 3 is 2.82 bits per heavy atom. The van der Waals surface area contributed by atoms with Gasteiger partial charge in [0.15, 0.2) is 0 Å². The van der Waals surface area contributed by atoms with E-state index < -0.39 is 5.91 Å². The van der Waals surface area contributed by atoms with Crippen LogP contribution in [0.4, 0.5) is 5.82 Å². The highest BCUT2D eigenvalue weighted by Gasteiger charge is 2.60. The van der Waals surface area contributed by atoms with Crippen LogP contribution in [0.25, 0.3) is 0 Å². The highest BCUT2D eigenvalue weighted by Crippen LogP contribution is 2.59. The van der Waals surface area contributed by atoms with Crippen molar-refractivity contribution in [3.63, 3.8) is 0 Å². The lowest BCUT2D eigenvalue weighted by molar-refractivity contribution is -0.164. The predicted molar refractivity (Wildman–Crippen MR) is 86.3 cm³/mol. The number of carbonyl (C=O) groups is 1. The Balaban J connectivity index is 1.80. The second-order valence-electron chi connectivity index (χ2n) is 6.29. The standard InChI is InChI=1S/C16H22ClN3O2/c1-3-22-13-8-12(16(13)5-4-6-16)20(2)15-11(17)7-10(9-19-15)14(18)21/h7,9,12-13H,3-6,8H2,1-2H3,(H2,18,21)/t12-,13-/m0/s1. The van der Waals surface area contributed by atoms with Gasteiger partial charge in [0.1, 0.15) is 5.82 Å². The number of amides is 1. The highest BCUT2D eigenvalue weighted by atomic mass is 35.5. The van der Waals surface area contributed by atoms with Crippen LogP contribution < -0.4 is 10.6 Å². The van der Waals surface area contributed by atoms with Gasteiger partial charge in [0.2, 0.25) is 5.91 Å². The van der Waals surface area contributed by atoms with E-state index in [0.717, 1.165) is 13.0 Å². The summed E-state index contributed by atoms with van der Waals surface area (Å²) in [7, 11) is 2.02. The summed E-state index contributed by atoms with van der Waals surface area (Å²) in [6.07, 6.45) is 6.50. The summed E-state index contributed by atoms with van der Waals surface area (Å²) in [4.78, 5) is 17.7. The first-order valence-corrected chi connectivity index (χ1v) is 8.17. The molecule has 1 aromatic heterocycles. The van der Waals surface area contributed by atoms with Gasteiger partial charge in [0, 0.05) is 31.3 Å². The van der Waals surface area contributed by atoms with Gasteiger partial charge >= 0.3 is 0 Å². The smallest absolute Gasteiger partial charge is 0.250 e. The first-order valence-electron chi connectivity index (χ1n) is 7.79. The summed E-state index contributed by atoms with van der Waals surface area (Å²) >= 11 is 6.30. The number of carbonyl (C=O) groups excluding carboxylic acids is 1. The van der Waals surface area contributed by atoms with E-state index in [9.17, 15) is 4.79 Å². The fourth-order valence-electron chi connectivity index (χ4n) is 3.92. The highest BCUT2D eigenvalue weighted by molar-refractivity contribution is 6.33. The summed E-state index contributed by atoms with van der Waals surface area (Å²) in [5.74, 6) is 0.192. The molecule has 2 saturated carbocycles. The van der Waals surface area contributed by atoms with Crippen LogP contribution >= 0.6 is 11.6 Å². The second kappa shape index (κ2) is 5.70. The van der Waals surface area contributed by atoms with Crippen molar-refractivity contribution in [1.82, 2.24) is 4.98 Å². The average Bonchev–Trinajstić information content (AvgIpc) is 2.40. The minimum absolute atomic E-state index is 0.248. The van der Waals surface area contributed by atoms with E-state index >= 15 is 0 Å². The summed E-state index contributed by atoms with van der Waals surface area (Å²) in [5, 5.41) is 0.466. The Labute approximate surface area is 135 Å². The minimum Gasteiger partial charge on any atom is -0.378 e. The lowest BCUT2D eigenvalue weighted by Crippen LogP contribution is -2.67. The van der Waals surface area contributed by atoms with Gasteiger partial charge < -0.3 is 15.4 Å². The quantitative estimate of drug-likeness (QED) is 0.904.